The molecule has 3 heterocycles. The third-order valence-corrected chi connectivity index (χ3v) is 4.74. The predicted molar refractivity (Wildman–Crippen MR) is 89.8 cm³/mol. The minimum absolute atomic E-state index is 0.199. The summed E-state index contributed by atoms with van der Waals surface area (Å²) < 4.78 is 15.9. The predicted octanol–water partition coefficient (Wildman–Crippen LogP) is 3.02. The first-order valence-electron chi connectivity index (χ1n) is 8.39. The molecule has 1 atom stereocenters. The molecule has 6 heteroatoms. The van der Waals surface area contributed by atoms with E-state index in [0.29, 0.717) is 12.6 Å². The molecule has 1 aromatic carbocycles. The van der Waals surface area contributed by atoms with E-state index in [9.17, 15) is 4.39 Å². The fourth-order valence-electron chi connectivity index (χ4n) is 3.58. The maximum atomic E-state index is 14.0. The summed E-state index contributed by atoms with van der Waals surface area (Å²) in [6, 6.07) is 7.33. The van der Waals surface area contributed by atoms with Crippen molar-refractivity contribution in [2.45, 2.75) is 38.4 Å². The van der Waals surface area contributed by atoms with Gasteiger partial charge in [-0.05, 0) is 43.1 Å². The van der Waals surface area contributed by atoms with Crippen LogP contribution in [0.1, 0.15) is 24.8 Å². The van der Waals surface area contributed by atoms with Crippen LogP contribution in [0.4, 0.5) is 4.39 Å². The van der Waals surface area contributed by atoms with Gasteiger partial charge in [-0.3, -0.25) is 14.6 Å². The van der Waals surface area contributed by atoms with Crippen molar-refractivity contribution in [3.8, 4) is 0 Å². The highest BCUT2D eigenvalue weighted by atomic mass is 19.1. The topological polar surface area (TPSA) is 46.8 Å². The third-order valence-electron chi connectivity index (χ3n) is 4.74. The summed E-state index contributed by atoms with van der Waals surface area (Å²) in [5, 5.41) is 5.08. The minimum atomic E-state index is -0.199. The van der Waals surface area contributed by atoms with Crippen molar-refractivity contribution in [2.75, 3.05) is 6.54 Å². The van der Waals surface area contributed by atoms with Crippen molar-refractivity contribution in [1.82, 2.24) is 24.6 Å². The fourth-order valence-corrected chi connectivity index (χ4v) is 3.58. The lowest BCUT2D eigenvalue weighted by Crippen LogP contribution is -2.41. The molecular formula is C18H20FN5. The summed E-state index contributed by atoms with van der Waals surface area (Å²) in [4.78, 5) is 10.9. The van der Waals surface area contributed by atoms with E-state index in [1.807, 2.05) is 16.8 Å². The van der Waals surface area contributed by atoms with Gasteiger partial charge in [0.15, 0.2) is 0 Å². The van der Waals surface area contributed by atoms with Gasteiger partial charge in [-0.15, -0.1) is 0 Å². The molecule has 0 spiro atoms. The number of aromatic nitrogens is 4. The van der Waals surface area contributed by atoms with Crippen LogP contribution in [0.15, 0.2) is 43.1 Å². The lowest BCUT2D eigenvalue weighted by molar-refractivity contribution is 0.122. The molecule has 0 bridgehead atoms. The minimum Gasteiger partial charge on any atom is -0.294 e. The lowest BCUT2D eigenvalue weighted by atomic mass is 10.00. The zero-order valence-electron chi connectivity index (χ0n) is 13.5. The number of benzene rings is 1. The molecule has 1 aliphatic rings. The zero-order valence-corrected chi connectivity index (χ0v) is 13.5. The van der Waals surface area contributed by atoms with Gasteiger partial charge in [-0.2, -0.15) is 5.10 Å². The largest absolute Gasteiger partial charge is 0.294 e. The van der Waals surface area contributed by atoms with E-state index in [0.717, 1.165) is 36.0 Å². The second-order valence-corrected chi connectivity index (χ2v) is 6.38. The summed E-state index contributed by atoms with van der Waals surface area (Å²) in [5.41, 5.74) is 1.85. The molecule has 5 nitrogen and oxygen atoms in total. The Kier molecular flexibility index (Phi) is 4.21. The second kappa shape index (κ2) is 6.65. The van der Waals surface area contributed by atoms with E-state index in [4.69, 9.17) is 0 Å². The van der Waals surface area contributed by atoms with Gasteiger partial charge in [0.25, 0.3) is 0 Å². The average molecular weight is 325 g/mol. The van der Waals surface area contributed by atoms with Crippen LogP contribution >= 0.6 is 0 Å². The van der Waals surface area contributed by atoms with E-state index >= 15 is 0 Å². The van der Waals surface area contributed by atoms with Crippen molar-refractivity contribution in [2.24, 2.45) is 0 Å². The van der Waals surface area contributed by atoms with Gasteiger partial charge < -0.3 is 0 Å². The quantitative estimate of drug-likeness (QED) is 0.740. The number of hydrogen-bond acceptors (Lipinski definition) is 4. The summed E-state index contributed by atoms with van der Waals surface area (Å²) in [6.45, 7) is 2.55. The van der Waals surface area contributed by atoms with Crippen molar-refractivity contribution in [3.63, 3.8) is 0 Å². The van der Waals surface area contributed by atoms with Crippen LogP contribution in [-0.4, -0.2) is 37.2 Å². The van der Waals surface area contributed by atoms with Gasteiger partial charge in [-0.1, -0.05) is 12.5 Å². The number of fused-ring (bicyclic) bond motifs is 1. The fraction of sp³-hybridized carbons (Fsp3) is 0.389. The third kappa shape index (κ3) is 3.14. The maximum Gasteiger partial charge on any atom is 0.137 e. The number of halogens is 1. The monoisotopic (exact) mass is 325 g/mol. The standard InChI is InChI=1S/C18H20FN5/c19-16-8-14-4-3-6-21-18(14)15(9-16)10-23-7-2-1-5-17(23)11-24-13-20-12-22-24/h3-4,6,8-9,12-13,17H,1-2,5,7,10-11H2. The Labute approximate surface area is 140 Å². The van der Waals surface area contributed by atoms with Gasteiger partial charge in [-0.25, -0.2) is 9.37 Å². The van der Waals surface area contributed by atoms with Gasteiger partial charge >= 0.3 is 0 Å². The number of piperidine rings is 1. The number of pyridine rings is 1. The molecule has 1 unspecified atom stereocenters. The van der Waals surface area contributed by atoms with Crippen LogP contribution in [0.5, 0.6) is 0 Å². The maximum absolute atomic E-state index is 14.0. The first-order chi connectivity index (χ1) is 11.8. The van der Waals surface area contributed by atoms with Crippen molar-refractivity contribution >= 4 is 10.9 Å². The smallest absolute Gasteiger partial charge is 0.137 e. The van der Waals surface area contributed by atoms with Crippen LogP contribution in [0.3, 0.4) is 0 Å². The van der Waals surface area contributed by atoms with Gasteiger partial charge in [0.05, 0.1) is 12.1 Å². The van der Waals surface area contributed by atoms with E-state index in [1.165, 1.54) is 12.8 Å². The molecule has 1 saturated heterocycles. The summed E-state index contributed by atoms with van der Waals surface area (Å²) in [7, 11) is 0. The van der Waals surface area contributed by atoms with Gasteiger partial charge in [0, 0.05) is 24.2 Å². The Balaban J connectivity index is 1.60. The highest BCUT2D eigenvalue weighted by Crippen LogP contribution is 2.25. The molecule has 0 radical (unpaired) electrons. The number of likely N-dealkylation sites (tertiary alicyclic amines) is 1. The molecule has 0 saturated carbocycles. The van der Waals surface area contributed by atoms with E-state index in [1.54, 1.807) is 31.0 Å². The van der Waals surface area contributed by atoms with E-state index in [-0.39, 0.29) is 5.82 Å². The van der Waals surface area contributed by atoms with Crippen molar-refractivity contribution in [3.05, 3.63) is 54.5 Å². The molecule has 1 fully saturated rings. The van der Waals surface area contributed by atoms with Crippen molar-refractivity contribution < 1.29 is 4.39 Å². The number of nitrogens with zero attached hydrogens (tertiary/aromatic N) is 5. The Morgan fingerprint density at radius 1 is 1.25 bits per heavy atom. The summed E-state index contributed by atoms with van der Waals surface area (Å²) in [6.07, 6.45) is 8.61. The van der Waals surface area contributed by atoms with Crippen molar-refractivity contribution in [1.29, 1.82) is 0 Å². The molecule has 0 aliphatic carbocycles. The Morgan fingerprint density at radius 2 is 2.21 bits per heavy atom. The van der Waals surface area contributed by atoms with E-state index < -0.39 is 0 Å². The van der Waals surface area contributed by atoms with E-state index in [2.05, 4.69) is 20.0 Å². The van der Waals surface area contributed by atoms with Crippen LogP contribution in [-0.2, 0) is 13.1 Å². The Hall–Kier alpha value is -2.34. The van der Waals surface area contributed by atoms with Crippen LogP contribution in [0.25, 0.3) is 10.9 Å². The normalized spacial score (nSPS) is 19.0. The van der Waals surface area contributed by atoms with Gasteiger partial charge in [0.2, 0.25) is 0 Å². The Morgan fingerprint density at radius 3 is 3.08 bits per heavy atom. The molecule has 1 aliphatic heterocycles. The molecular weight excluding hydrogens is 305 g/mol. The second-order valence-electron chi connectivity index (χ2n) is 6.38. The van der Waals surface area contributed by atoms with Crippen LogP contribution < -0.4 is 0 Å². The molecule has 0 amide bonds. The average Bonchev–Trinajstić information content (AvgIpc) is 3.09. The first kappa shape index (κ1) is 15.2. The van der Waals surface area contributed by atoms with Crippen LogP contribution in [0.2, 0.25) is 0 Å². The summed E-state index contributed by atoms with van der Waals surface area (Å²) >= 11 is 0. The first-order valence-corrected chi connectivity index (χ1v) is 8.39. The molecule has 3 aromatic rings. The molecule has 124 valence electrons. The SMILES string of the molecule is Fc1cc(CN2CCCCC2Cn2cncn2)c2ncccc2c1. The van der Waals surface area contributed by atoms with Gasteiger partial charge in [0.1, 0.15) is 18.5 Å². The summed E-state index contributed by atoms with van der Waals surface area (Å²) in [5.74, 6) is -0.199. The Bertz CT molecular complexity index is 817. The highest BCUT2D eigenvalue weighted by Gasteiger charge is 2.24. The van der Waals surface area contributed by atoms with Crippen LogP contribution in [0, 0.1) is 5.82 Å². The molecule has 0 N–H and O–H groups in total. The lowest BCUT2D eigenvalue weighted by Gasteiger charge is -2.35. The highest BCUT2D eigenvalue weighted by molar-refractivity contribution is 5.81. The number of hydrogen-bond donors (Lipinski definition) is 0. The number of rotatable bonds is 4. The molecule has 4 rings (SSSR count). The molecule has 2 aromatic heterocycles. The zero-order chi connectivity index (χ0) is 16.4. The molecule has 24 heavy (non-hydrogen) atoms.